The van der Waals surface area contributed by atoms with Crippen molar-refractivity contribution in [3.8, 4) is 11.5 Å². The summed E-state index contributed by atoms with van der Waals surface area (Å²) in [6.07, 6.45) is 0.768. The average molecular weight is 442 g/mol. The summed E-state index contributed by atoms with van der Waals surface area (Å²) in [4.78, 5) is 22.6. The molecule has 6 nitrogen and oxygen atoms in total. The van der Waals surface area contributed by atoms with Crippen LogP contribution < -0.4 is 9.47 Å². The molecule has 0 spiro atoms. The highest BCUT2D eigenvalue weighted by molar-refractivity contribution is 9.10. The summed E-state index contributed by atoms with van der Waals surface area (Å²) in [7, 11) is 0. The Morgan fingerprint density at radius 1 is 1.00 bits per heavy atom. The van der Waals surface area contributed by atoms with Crippen molar-refractivity contribution in [1.82, 2.24) is 0 Å². The van der Waals surface area contributed by atoms with Gasteiger partial charge in [0.2, 0.25) is 0 Å². The molecular formula is C21H16BrNO5. The second-order valence-electron chi connectivity index (χ2n) is 5.87. The lowest BCUT2D eigenvalue weighted by molar-refractivity contribution is -0.384. The van der Waals surface area contributed by atoms with Crippen LogP contribution in [0.1, 0.15) is 15.9 Å². The predicted octanol–water partition coefficient (Wildman–Crippen LogP) is 5.20. The Kier molecular flexibility index (Phi) is 6.39. The van der Waals surface area contributed by atoms with E-state index in [1.165, 1.54) is 29.8 Å². The van der Waals surface area contributed by atoms with E-state index in [2.05, 4.69) is 15.9 Å². The highest BCUT2D eigenvalue weighted by Crippen LogP contribution is 2.27. The third-order valence-electron chi connectivity index (χ3n) is 3.90. The SMILES string of the molecule is O=C(Oc1cccc([N+](=O)[O-])c1)c1ccc(OCCc2ccccc2)c(Br)c1. The zero-order valence-electron chi connectivity index (χ0n) is 14.7. The minimum Gasteiger partial charge on any atom is -0.492 e. The molecule has 28 heavy (non-hydrogen) atoms. The van der Waals surface area contributed by atoms with Crippen LogP contribution in [0.5, 0.6) is 11.5 Å². The minimum absolute atomic E-state index is 0.110. The van der Waals surface area contributed by atoms with E-state index in [-0.39, 0.29) is 11.4 Å². The van der Waals surface area contributed by atoms with Gasteiger partial charge < -0.3 is 9.47 Å². The number of carbonyl (C=O) groups is 1. The van der Waals surface area contributed by atoms with Gasteiger partial charge in [0.15, 0.2) is 0 Å². The average Bonchev–Trinajstić information content (AvgIpc) is 2.70. The molecule has 0 aromatic heterocycles. The maximum absolute atomic E-state index is 12.3. The van der Waals surface area contributed by atoms with E-state index in [0.29, 0.717) is 22.4 Å². The minimum atomic E-state index is -0.614. The first-order valence-electron chi connectivity index (χ1n) is 8.46. The normalized spacial score (nSPS) is 10.3. The Morgan fingerprint density at radius 3 is 2.50 bits per heavy atom. The maximum atomic E-state index is 12.3. The third kappa shape index (κ3) is 5.17. The number of nitrogens with zero attached hydrogens (tertiary/aromatic N) is 1. The van der Waals surface area contributed by atoms with Crippen molar-refractivity contribution < 1.29 is 19.2 Å². The Bertz CT molecular complexity index is 991. The molecule has 3 aromatic rings. The van der Waals surface area contributed by atoms with E-state index >= 15 is 0 Å². The van der Waals surface area contributed by atoms with E-state index in [1.54, 1.807) is 18.2 Å². The largest absolute Gasteiger partial charge is 0.492 e. The molecule has 3 aromatic carbocycles. The van der Waals surface area contributed by atoms with Gasteiger partial charge in [0.05, 0.1) is 27.6 Å². The lowest BCUT2D eigenvalue weighted by Crippen LogP contribution is -2.09. The van der Waals surface area contributed by atoms with E-state index in [1.807, 2.05) is 30.3 Å². The summed E-state index contributed by atoms with van der Waals surface area (Å²) in [5, 5.41) is 10.8. The Balaban J connectivity index is 1.62. The van der Waals surface area contributed by atoms with Crippen LogP contribution in [0, 0.1) is 10.1 Å². The number of non-ortho nitro benzene ring substituents is 1. The van der Waals surface area contributed by atoms with Crippen molar-refractivity contribution in [2.75, 3.05) is 6.61 Å². The number of halogens is 1. The molecule has 0 saturated carbocycles. The fraction of sp³-hybridized carbons (Fsp3) is 0.0952. The van der Waals surface area contributed by atoms with Crippen LogP contribution in [0.4, 0.5) is 5.69 Å². The Hall–Kier alpha value is -3.19. The standard InChI is InChI=1S/C21H16BrNO5/c22-19-13-16(21(24)28-18-8-4-7-17(14-18)23(25)26)9-10-20(19)27-12-11-15-5-2-1-3-6-15/h1-10,13-14H,11-12H2. The van der Waals surface area contributed by atoms with Gasteiger partial charge in [0.1, 0.15) is 11.5 Å². The van der Waals surface area contributed by atoms with E-state index in [0.717, 1.165) is 6.42 Å². The summed E-state index contributed by atoms with van der Waals surface area (Å²) in [5.41, 5.74) is 1.33. The fourth-order valence-electron chi connectivity index (χ4n) is 2.49. The van der Waals surface area contributed by atoms with Gasteiger partial charge in [-0.15, -0.1) is 0 Å². The summed E-state index contributed by atoms with van der Waals surface area (Å²) in [6, 6.07) is 20.3. The van der Waals surface area contributed by atoms with Crippen LogP contribution in [-0.2, 0) is 6.42 Å². The molecule has 0 amide bonds. The Morgan fingerprint density at radius 2 is 1.79 bits per heavy atom. The van der Waals surface area contributed by atoms with Gasteiger partial charge >= 0.3 is 5.97 Å². The highest BCUT2D eigenvalue weighted by Gasteiger charge is 2.14. The molecule has 0 fully saturated rings. The maximum Gasteiger partial charge on any atom is 0.343 e. The van der Waals surface area contributed by atoms with Crippen LogP contribution in [0.15, 0.2) is 77.3 Å². The van der Waals surface area contributed by atoms with Crippen molar-refractivity contribution in [2.24, 2.45) is 0 Å². The topological polar surface area (TPSA) is 78.7 Å². The molecule has 0 N–H and O–H groups in total. The van der Waals surface area contributed by atoms with Crippen molar-refractivity contribution >= 4 is 27.6 Å². The zero-order chi connectivity index (χ0) is 19.9. The lowest BCUT2D eigenvalue weighted by Gasteiger charge is -2.10. The summed E-state index contributed by atoms with van der Waals surface area (Å²) in [5.74, 6) is 0.110. The number of carbonyl (C=O) groups excluding carboxylic acids is 1. The smallest absolute Gasteiger partial charge is 0.343 e. The summed E-state index contributed by atoms with van der Waals surface area (Å²) in [6.45, 7) is 0.500. The van der Waals surface area contributed by atoms with E-state index in [9.17, 15) is 14.9 Å². The summed E-state index contributed by atoms with van der Waals surface area (Å²) >= 11 is 3.40. The summed E-state index contributed by atoms with van der Waals surface area (Å²) < 4.78 is 11.6. The number of ether oxygens (including phenoxy) is 2. The van der Waals surface area contributed by atoms with Crippen LogP contribution in [-0.4, -0.2) is 17.5 Å². The molecule has 0 unspecified atom stereocenters. The highest BCUT2D eigenvalue weighted by atomic mass is 79.9. The monoisotopic (exact) mass is 441 g/mol. The van der Waals surface area contributed by atoms with E-state index < -0.39 is 10.9 Å². The molecular weight excluding hydrogens is 426 g/mol. The molecule has 0 heterocycles. The van der Waals surface area contributed by atoms with E-state index in [4.69, 9.17) is 9.47 Å². The van der Waals surface area contributed by atoms with Gasteiger partial charge in [0.25, 0.3) is 5.69 Å². The third-order valence-corrected chi connectivity index (χ3v) is 4.52. The van der Waals surface area contributed by atoms with Gasteiger partial charge in [-0.1, -0.05) is 36.4 Å². The molecule has 0 bridgehead atoms. The molecule has 0 atom stereocenters. The Labute approximate surface area is 170 Å². The molecule has 0 aliphatic heterocycles. The molecule has 7 heteroatoms. The number of benzene rings is 3. The molecule has 3 rings (SSSR count). The first-order valence-corrected chi connectivity index (χ1v) is 9.25. The quantitative estimate of drug-likeness (QED) is 0.218. The predicted molar refractivity (Wildman–Crippen MR) is 108 cm³/mol. The second kappa shape index (κ2) is 9.14. The van der Waals surface area contributed by atoms with Crippen LogP contribution >= 0.6 is 15.9 Å². The first-order chi connectivity index (χ1) is 13.5. The van der Waals surface area contributed by atoms with Crippen LogP contribution in [0.3, 0.4) is 0 Å². The number of esters is 1. The van der Waals surface area contributed by atoms with Crippen molar-refractivity contribution in [1.29, 1.82) is 0 Å². The number of hydrogen-bond acceptors (Lipinski definition) is 5. The first kappa shape index (κ1) is 19.6. The van der Waals surface area contributed by atoms with Crippen molar-refractivity contribution in [3.05, 3.63) is 98.5 Å². The molecule has 0 radical (unpaired) electrons. The number of rotatable bonds is 7. The van der Waals surface area contributed by atoms with Crippen LogP contribution in [0.2, 0.25) is 0 Å². The molecule has 142 valence electrons. The second-order valence-corrected chi connectivity index (χ2v) is 6.73. The van der Waals surface area contributed by atoms with Gasteiger partial charge in [-0.25, -0.2) is 4.79 Å². The number of nitro benzene ring substituents is 1. The van der Waals surface area contributed by atoms with Gasteiger partial charge in [-0.3, -0.25) is 10.1 Å². The number of hydrogen-bond donors (Lipinski definition) is 0. The zero-order valence-corrected chi connectivity index (χ0v) is 16.3. The van der Waals surface area contributed by atoms with Gasteiger partial charge in [0, 0.05) is 12.5 Å². The molecule has 0 saturated heterocycles. The van der Waals surface area contributed by atoms with Crippen molar-refractivity contribution in [3.63, 3.8) is 0 Å². The molecule has 0 aliphatic carbocycles. The van der Waals surface area contributed by atoms with Gasteiger partial charge in [-0.2, -0.15) is 0 Å². The van der Waals surface area contributed by atoms with Crippen molar-refractivity contribution in [2.45, 2.75) is 6.42 Å². The molecule has 0 aliphatic rings. The fourth-order valence-corrected chi connectivity index (χ4v) is 2.99. The number of nitro groups is 1. The van der Waals surface area contributed by atoms with Gasteiger partial charge in [-0.05, 0) is 45.8 Å². The van der Waals surface area contributed by atoms with Crippen LogP contribution in [0.25, 0.3) is 0 Å². The lowest BCUT2D eigenvalue weighted by atomic mass is 10.2.